The maximum atomic E-state index is 9.65. The van der Waals surface area contributed by atoms with Crippen LogP contribution in [0.3, 0.4) is 0 Å². The van der Waals surface area contributed by atoms with E-state index in [2.05, 4.69) is 79.3 Å². The van der Waals surface area contributed by atoms with Gasteiger partial charge in [-0.1, -0.05) is 117 Å². The van der Waals surface area contributed by atoms with Crippen molar-refractivity contribution in [2.45, 2.75) is 61.9 Å². The van der Waals surface area contributed by atoms with Crippen LogP contribution >= 0.6 is 11.8 Å². The second-order valence-corrected chi connectivity index (χ2v) is 16.1. The van der Waals surface area contributed by atoms with Gasteiger partial charge < -0.3 is 18.6 Å². The Balaban J connectivity index is 1.66. The van der Waals surface area contributed by atoms with Crippen LogP contribution in [0.25, 0.3) is 10.4 Å². The van der Waals surface area contributed by atoms with Gasteiger partial charge in [-0.05, 0) is 27.2 Å². The SMILES string of the molecule is CS[C@@H]1OC2COC(c3ccccc3)O[C@@H]2C(O[Si](c2ccccc2)(c2ccccc2)C(C)(C)C)[C@H]1N=[N+]=[N-]. The molecule has 0 spiro atoms. The van der Waals surface area contributed by atoms with Crippen molar-refractivity contribution in [1.82, 2.24) is 0 Å². The van der Waals surface area contributed by atoms with Gasteiger partial charge in [0.1, 0.15) is 23.7 Å². The summed E-state index contributed by atoms with van der Waals surface area (Å²) in [4.78, 5) is 3.24. The zero-order valence-electron chi connectivity index (χ0n) is 22.7. The Labute approximate surface area is 235 Å². The molecule has 9 heteroatoms. The summed E-state index contributed by atoms with van der Waals surface area (Å²) in [6.45, 7) is 7.07. The van der Waals surface area contributed by atoms with Crippen LogP contribution in [0.15, 0.2) is 96.1 Å². The van der Waals surface area contributed by atoms with E-state index in [4.69, 9.17) is 18.6 Å². The molecule has 0 amide bonds. The second kappa shape index (κ2) is 11.9. The molecular formula is C30H35N3O4SSi. The number of hydrogen-bond donors (Lipinski definition) is 0. The molecule has 2 fully saturated rings. The monoisotopic (exact) mass is 561 g/mol. The first-order chi connectivity index (χ1) is 18.9. The summed E-state index contributed by atoms with van der Waals surface area (Å²) in [5.41, 5.74) is 10.2. The number of thioether (sulfide) groups is 1. The molecule has 0 aromatic heterocycles. The van der Waals surface area contributed by atoms with Crippen molar-refractivity contribution in [3.8, 4) is 0 Å². The molecule has 2 saturated heterocycles. The highest BCUT2D eigenvalue weighted by Gasteiger charge is 2.57. The highest BCUT2D eigenvalue weighted by molar-refractivity contribution is 7.99. The first-order valence-electron chi connectivity index (χ1n) is 13.2. The summed E-state index contributed by atoms with van der Waals surface area (Å²) in [7, 11) is -3.00. The molecule has 39 heavy (non-hydrogen) atoms. The summed E-state index contributed by atoms with van der Waals surface area (Å²) >= 11 is 1.51. The van der Waals surface area contributed by atoms with Crippen molar-refractivity contribution in [2.75, 3.05) is 12.9 Å². The number of rotatable bonds is 7. The Bertz CT molecular complexity index is 1230. The molecule has 0 bridgehead atoms. The highest BCUT2D eigenvalue weighted by atomic mass is 32.2. The molecule has 204 valence electrons. The molecule has 2 heterocycles. The molecule has 7 nitrogen and oxygen atoms in total. The second-order valence-electron chi connectivity index (χ2n) is 10.9. The van der Waals surface area contributed by atoms with Gasteiger partial charge in [-0.15, -0.1) is 11.8 Å². The lowest BCUT2D eigenvalue weighted by Crippen LogP contribution is -2.72. The van der Waals surface area contributed by atoms with Crippen LogP contribution in [0.5, 0.6) is 0 Å². The summed E-state index contributed by atoms with van der Waals surface area (Å²) < 4.78 is 26.8. The summed E-state index contributed by atoms with van der Waals surface area (Å²) in [5, 5.41) is 6.31. The van der Waals surface area contributed by atoms with Crippen molar-refractivity contribution >= 4 is 30.5 Å². The maximum Gasteiger partial charge on any atom is 0.261 e. The van der Waals surface area contributed by atoms with E-state index < -0.39 is 38.3 Å². The van der Waals surface area contributed by atoms with Gasteiger partial charge in [0.15, 0.2) is 6.29 Å². The number of nitrogens with zero attached hydrogens (tertiary/aromatic N) is 3. The standard InChI is InChI=1S/C30H35N3O4SSi/c1-30(2,3)39(22-16-10-6-11-17-22,23-18-12-7-13-19-23)37-27-25(32-33-31)29(38-4)35-24-20-34-28(36-26(24)27)21-14-8-5-9-15-21/h5-19,24-29H,20H2,1-4H3/t24?,25-,26+,27?,28?,29+/m1/s1. The summed E-state index contributed by atoms with van der Waals surface area (Å²) in [5.74, 6) is 0. The van der Waals surface area contributed by atoms with E-state index in [1.54, 1.807) is 0 Å². The predicted octanol–water partition coefficient (Wildman–Crippen LogP) is 5.81. The molecule has 0 aliphatic carbocycles. The molecule has 0 saturated carbocycles. The van der Waals surface area contributed by atoms with E-state index in [0.717, 1.165) is 15.9 Å². The van der Waals surface area contributed by atoms with E-state index in [-0.39, 0.29) is 11.1 Å². The minimum atomic E-state index is -3.00. The number of hydrogen-bond acceptors (Lipinski definition) is 6. The smallest absolute Gasteiger partial charge is 0.261 e. The lowest BCUT2D eigenvalue weighted by Gasteiger charge is -2.53. The third-order valence-corrected chi connectivity index (χ3v) is 13.4. The number of ether oxygens (including phenoxy) is 3. The summed E-state index contributed by atoms with van der Waals surface area (Å²) in [6.07, 6.45) is -0.0279. The molecule has 3 aromatic carbocycles. The fraction of sp³-hybridized carbons (Fsp3) is 0.400. The predicted molar refractivity (Wildman–Crippen MR) is 158 cm³/mol. The molecule has 2 aliphatic rings. The van der Waals surface area contributed by atoms with Crippen molar-refractivity contribution in [3.05, 3.63) is 107 Å². The molecule has 0 radical (unpaired) electrons. The van der Waals surface area contributed by atoms with Crippen LogP contribution < -0.4 is 10.4 Å². The van der Waals surface area contributed by atoms with Gasteiger partial charge in [-0.3, -0.25) is 0 Å². The van der Waals surface area contributed by atoms with Gasteiger partial charge in [0.05, 0.1) is 12.7 Å². The van der Waals surface area contributed by atoms with Crippen molar-refractivity contribution in [1.29, 1.82) is 0 Å². The fourth-order valence-electron chi connectivity index (χ4n) is 5.75. The van der Waals surface area contributed by atoms with Gasteiger partial charge in [-0.25, -0.2) is 0 Å². The van der Waals surface area contributed by atoms with Gasteiger partial charge >= 0.3 is 0 Å². The van der Waals surface area contributed by atoms with E-state index in [9.17, 15) is 5.53 Å². The average Bonchev–Trinajstić information content (AvgIpc) is 2.97. The fourth-order valence-corrected chi connectivity index (χ4v) is 11.2. The molecule has 2 aliphatic heterocycles. The van der Waals surface area contributed by atoms with Crippen LogP contribution in [0, 0.1) is 0 Å². The Hall–Kier alpha value is -2.62. The average molecular weight is 562 g/mol. The van der Waals surface area contributed by atoms with Gasteiger partial charge in [0, 0.05) is 10.5 Å². The number of azide groups is 1. The topological polar surface area (TPSA) is 85.7 Å². The Morgan fingerprint density at radius 1 is 0.897 bits per heavy atom. The van der Waals surface area contributed by atoms with Crippen molar-refractivity contribution < 1.29 is 18.6 Å². The van der Waals surface area contributed by atoms with Crippen LogP contribution in [-0.4, -0.2) is 51.0 Å². The minimum absolute atomic E-state index is 0.261. The van der Waals surface area contributed by atoms with Crippen LogP contribution in [0.2, 0.25) is 5.04 Å². The number of fused-ring (bicyclic) bond motifs is 1. The minimum Gasteiger partial charge on any atom is -0.401 e. The lowest BCUT2D eigenvalue weighted by molar-refractivity contribution is -0.303. The van der Waals surface area contributed by atoms with Gasteiger partial charge in [0.25, 0.3) is 8.32 Å². The largest absolute Gasteiger partial charge is 0.401 e. The van der Waals surface area contributed by atoms with E-state index in [0.29, 0.717) is 6.61 Å². The van der Waals surface area contributed by atoms with Crippen molar-refractivity contribution in [2.24, 2.45) is 5.11 Å². The third kappa shape index (κ3) is 5.41. The zero-order valence-corrected chi connectivity index (χ0v) is 24.5. The summed E-state index contributed by atoms with van der Waals surface area (Å²) in [6, 6.07) is 30.2. The third-order valence-electron chi connectivity index (χ3n) is 7.53. The van der Waals surface area contributed by atoms with E-state index in [1.165, 1.54) is 11.8 Å². The number of benzene rings is 3. The Kier molecular flexibility index (Phi) is 8.49. The lowest BCUT2D eigenvalue weighted by atomic mass is 9.97. The maximum absolute atomic E-state index is 9.65. The Morgan fingerprint density at radius 3 is 1.97 bits per heavy atom. The Morgan fingerprint density at radius 2 is 1.46 bits per heavy atom. The van der Waals surface area contributed by atoms with Gasteiger partial charge in [-0.2, -0.15) is 0 Å². The van der Waals surface area contributed by atoms with Crippen LogP contribution in [0.4, 0.5) is 0 Å². The van der Waals surface area contributed by atoms with E-state index in [1.807, 2.05) is 48.7 Å². The molecule has 3 unspecified atom stereocenters. The first kappa shape index (κ1) is 27.9. The molecule has 5 rings (SSSR count). The molecule has 3 aromatic rings. The molecular weight excluding hydrogens is 527 g/mol. The van der Waals surface area contributed by atoms with Crippen LogP contribution in [-0.2, 0) is 18.6 Å². The van der Waals surface area contributed by atoms with E-state index >= 15 is 0 Å². The zero-order chi connectivity index (χ0) is 27.5. The normalized spacial score (nSPS) is 27.3. The van der Waals surface area contributed by atoms with Gasteiger partial charge in [0.2, 0.25) is 0 Å². The van der Waals surface area contributed by atoms with Crippen molar-refractivity contribution in [3.63, 3.8) is 0 Å². The quantitative estimate of drug-likeness (QED) is 0.157. The molecule has 6 atom stereocenters. The molecule has 0 N–H and O–H groups in total. The highest BCUT2D eigenvalue weighted by Crippen LogP contribution is 2.43. The van der Waals surface area contributed by atoms with Crippen LogP contribution in [0.1, 0.15) is 32.6 Å². The first-order valence-corrected chi connectivity index (χ1v) is 16.4.